The van der Waals surface area contributed by atoms with Gasteiger partial charge in [0.25, 0.3) is 0 Å². The quantitative estimate of drug-likeness (QED) is 0.796. The van der Waals surface area contributed by atoms with Crippen molar-refractivity contribution < 1.29 is 9.53 Å². The van der Waals surface area contributed by atoms with Crippen molar-refractivity contribution in [1.82, 2.24) is 9.78 Å². The summed E-state index contributed by atoms with van der Waals surface area (Å²) < 4.78 is 6.96. The molecule has 1 amide bonds. The molecule has 94 valence electrons. The van der Waals surface area contributed by atoms with Gasteiger partial charge in [0.15, 0.2) is 5.82 Å². The van der Waals surface area contributed by atoms with E-state index >= 15 is 0 Å². The fraction of sp³-hybridized carbons (Fsp3) is 0.636. The molecule has 2 heterocycles. The lowest BCUT2D eigenvalue weighted by Gasteiger charge is -2.31. The molecule has 1 aromatic rings. The number of ether oxygens (including phenoxy) is 1. The molecule has 0 radical (unpaired) electrons. The van der Waals surface area contributed by atoms with E-state index in [1.807, 2.05) is 13.1 Å². The Labute approximate surface area is 100 Å². The predicted molar refractivity (Wildman–Crippen MR) is 63.5 cm³/mol. The maximum absolute atomic E-state index is 12.0. The van der Waals surface area contributed by atoms with Crippen molar-refractivity contribution in [2.75, 3.05) is 18.5 Å². The van der Waals surface area contributed by atoms with Gasteiger partial charge < -0.3 is 15.8 Å². The van der Waals surface area contributed by atoms with Crippen LogP contribution in [0, 0.1) is 0 Å². The fourth-order valence-electron chi connectivity index (χ4n) is 1.81. The van der Waals surface area contributed by atoms with Crippen molar-refractivity contribution in [3.63, 3.8) is 0 Å². The van der Waals surface area contributed by atoms with E-state index in [2.05, 4.69) is 10.4 Å². The highest BCUT2D eigenvalue weighted by Crippen LogP contribution is 2.19. The summed E-state index contributed by atoms with van der Waals surface area (Å²) in [6, 6.07) is 1.77. The largest absolute Gasteiger partial charge is 0.381 e. The minimum absolute atomic E-state index is 0.179. The van der Waals surface area contributed by atoms with E-state index in [1.165, 1.54) is 0 Å². The van der Waals surface area contributed by atoms with Crippen molar-refractivity contribution in [2.24, 2.45) is 5.73 Å². The minimum Gasteiger partial charge on any atom is -0.381 e. The molecule has 0 aliphatic carbocycles. The molecule has 0 spiro atoms. The molecular formula is C11H18N4O2. The molecule has 2 rings (SSSR count). The zero-order chi connectivity index (χ0) is 12.3. The first-order chi connectivity index (χ1) is 8.14. The molecule has 1 fully saturated rings. The lowest BCUT2D eigenvalue weighted by Crippen LogP contribution is -2.54. The second-order valence-corrected chi connectivity index (χ2v) is 4.28. The van der Waals surface area contributed by atoms with Crippen LogP contribution in [-0.4, -0.2) is 34.4 Å². The van der Waals surface area contributed by atoms with Gasteiger partial charge in [0, 0.05) is 32.0 Å². The standard InChI is InChI=1S/C11H18N4O2/c1-2-15-6-3-9(14-15)13-10(16)11(12)4-7-17-8-5-11/h3,6H,2,4-5,7-8,12H2,1H3,(H,13,14,16). The zero-order valence-corrected chi connectivity index (χ0v) is 9.98. The number of hydrogen-bond donors (Lipinski definition) is 2. The number of aryl methyl sites for hydroxylation is 1. The first kappa shape index (κ1) is 12.1. The Balaban J connectivity index is 2.00. The highest BCUT2D eigenvalue weighted by Gasteiger charge is 2.36. The number of rotatable bonds is 3. The topological polar surface area (TPSA) is 82.2 Å². The Morgan fingerprint density at radius 2 is 2.35 bits per heavy atom. The molecule has 0 aromatic carbocycles. The van der Waals surface area contributed by atoms with Crippen LogP contribution in [0.1, 0.15) is 19.8 Å². The van der Waals surface area contributed by atoms with E-state index in [4.69, 9.17) is 10.5 Å². The number of carbonyl (C=O) groups is 1. The fourth-order valence-corrected chi connectivity index (χ4v) is 1.81. The third-order valence-corrected chi connectivity index (χ3v) is 3.04. The average Bonchev–Trinajstić information content (AvgIpc) is 2.78. The smallest absolute Gasteiger partial charge is 0.245 e. The van der Waals surface area contributed by atoms with E-state index in [9.17, 15) is 4.79 Å². The monoisotopic (exact) mass is 238 g/mol. The lowest BCUT2D eigenvalue weighted by atomic mass is 9.90. The number of nitrogens with one attached hydrogen (secondary N) is 1. The van der Waals surface area contributed by atoms with Crippen LogP contribution in [0.15, 0.2) is 12.3 Å². The molecule has 17 heavy (non-hydrogen) atoms. The maximum Gasteiger partial charge on any atom is 0.245 e. The second kappa shape index (κ2) is 4.85. The van der Waals surface area contributed by atoms with Crippen LogP contribution in [0.5, 0.6) is 0 Å². The van der Waals surface area contributed by atoms with Gasteiger partial charge in [-0.3, -0.25) is 9.48 Å². The van der Waals surface area contributed by atoms with E-state index in [0.717, 1.165) is 6.54 Å². The van der Waals surface area contributed by atoms with Gasteiger partial charge in [-0.25, -0.2) is 0 Å². The highest BCUT2D eigenvalue weighted by molar-refractivity contribution is 5.97. The molecule has 6 nitrogen and oxygen atoms in total. The van der Waals surface area contributed by atoms with Crippen molar-refractivity contribution in [3.05, 3.63) is 12.3 Å². The highest BCUT2D eigenvalue weighted by atomic mass is 16.5. The van der Waals surface area contributed by atoms with Crippen molar-refractivity contribution in [1.29, 1.82) is 0 Å². The average molecular weight is 238 g/mol. The zero-order valence-electron chi connectivity index (χ0n) is 9.98. The summed E-state index contributed by atoms with van der Waals surface area (Å²) in [5.74, 6) is 0.371. The molecule has 0 unspecified atom stereocenters. The Morgan fingerprint density at radius 3 is 2.94 bits per heavy atom. The van der Waals surface area contributed by atoms with E-state index in [1.54, 1.807) is 10.7 Å². The molecule has 1 aliphatic heterocycles. The van der Waals surface area contributed by atoms with Crippen LogP contribution in [0.3, 0.4) is 0 Å². The molecule has 0 atom stereocenters. The van der Waals surface area contributed by atoms with Crippen molar-refractivity contribution in [2.45, 2.75) is 31.8 Å². The van der Waals surface area contributed by atoms with Gasteiger partial charge in [0.05, 0.1) is 0 Å². The Morgan fingerprint density at radius 1 is 1.65 bits per heavy atom. The maximum atomic E-state index is 12.0. The number of carbonyl (C=O) groups excluding carboxylic acids is 1. The summed E-state index contributed by atoms with van der Waals surface area (Å²) in [7, 11) is 0. The summed E-state index contributed by atoms with van der Waals surface area (Å²) in [6.45, 7) is 3.83. The van der Waals surface area contributed by atoms with Crippen LogP contribution < -0.4 is 11.1 Å². The molecular weight excluding hydrogens is 220 g/mol. The summed E-state index contributed by atoms with van der Waals surface area (Å²) in [5.41, 5.74) is 5.24. The Bertz CT molecular complexity index is 396. The van der Waals surface area contributed by atoms with Crippen LogP contribution in [-0.2, 0) is 16.1 Å². The normalized spacial score (nSPS) is 18.9. The van der Waals surface area contributed by atoms with Gasteiger partial charge in [-0.05, 0) is 19.8 Å². The van der Waals surface area contributed by atoms with E-state index in [0.29, 0.717) is 31.9 Å². The van der Waals surface area contributed by atoms with Gasteiger partial charge in [-0.15, -0.1) is 0 Å². The van der Waals surface area contributed by atoms with Crippen LogP contribution in [0.2, 0.25) is 0 Å². The third-order valence-electron chi connectivity index (χ3n) is 3.04. The van der Waals surface area contributed by atoms with Gasteiger partial charge in [0.1, 0.15) is 5.54 Å². The SMILES string of the molecule is CCn1ccc(NC(=O)C2(N)CCOCC2)n1. The Hall–Kier alpha value is -1.40. The number of hydrogen-bond acceptors (Lipinski definition) is 4. The molecule has 0 saturated carbocycles. The van der Waals surface area contributed by atoms with Crippen LogP contribution >= 0.6 is 0 Å². The second-order valence-electron chi connectivity index (χ2n) is 4.28. The van der Waals surface area contributed by atoms with E-state index < -0.39 is 5.54 Å². The number of nitrogens with two attached hydrogens (primary N) is 1. The van der Waals surface area contributed by atoms with Gasteiger partial charge in [0.2, 0.25) is 5.91 Å². The number of amides is 1. The van der Waals surface area contributed by atoms with E-state index in [-0.39, 0.29) is 5.91 Å². The predicted octanol–water partition coefficient (Wildman–Crippen LogP) is 0.349. The number of anilines is 1. The van der Waals surface area contributed by atoms with Gasteiger partial charge in [-0.2, -0.15) is 5.10 Å². The summed E-state index contributed by atoms with van der Waals surface area (Å²) in [4.78, 5) is 12.0. The van der Waals surface area contributed by atoms with Crippen molar-refractivity contribution >= 4 is 11.7 Å². The first-order valence-corrected chi connectivity index (χ1v) is 5.85. The lowest BCUT2D eigenvalue weighted by molar-refractivity contribution is -0.124. The number of nitrogens with zero attached hydrogens (tertiary/aromatic N) is 2. The van der Waals surface area contributed by atoms with Crippen LogP contribution in [0.4, 0.5) is 5.82 Å². The molecule has 6 heteroatoms. The molecule has 3 N–H and O–H groups in total. The Kier molecular flexibility index (Phi) is 3.44. The molecule has 1 aliphatic rings. The summed E-state index contributed by atoms with van der Waals surface area (Å²) in [5, 5.41) is 6.95. The van der Waals surface area contributed by atoms with Crippen LogP contribution in [0.25, 0.3) is 0 Å². The minimum atomic E-state index is -0.825. The van der Waals surface area contributed by atoms with Gasteiger partial charge >= 0.3 is 0 Å². The van der Waals surface area contributed by atoms with Crippen molar-refractivity contribution in [3.8, 4) is 0 Å². The van der Waals surface area contributed by atoms with Gasteiger partial charge in [-0.1, -0.05) is 0 Å². The molecule has 1 saturated heterocycles. The molecule has 1 aromatic heterocycles. The summed E-state index contributed by atoms with van der Waals surface area (Å²) >= 11 is 0. The third kappa shape index (κ3) is 2.65. The summed E-state index contributed by atoms with van der Waals surface area (Å²) in [6.07, 6.45) is 2.92. The first-order valence-electron chi connectivity index (χ1n) is 5.85. The number of aromatic nitrogens is 2. The molecule has 0 bridgehead atoms.